The molecule has 0 aliphatic heterocycles. The zero-order valence-corrected chi connectivity index (χ0v) is 20.6. The Hall–Kier alpha value is -3.14. The second kappa shape index (κ2) is 11.3. The maximum Gasteiger partial charge on any atom is 0.229 e. The van der Waals surface area contributed by atoms with E-state index in [0.717, 1.165) is 34.9 Å². The van der Waals surface area contributed by atoms with Gasteiger partial charge in [0.25, 0.3) is 0 Å². The number of carbonyl (C=O) groups excluding carboxylic acids is 1. The van der Waals surface area contributed by atoms with Gasteiger partial charge in [-0.2, -0.15) is 0 Å². The van der Waals surface area contributed by atoms with Crippen molar-refractivity contribution in [1.82, 2.24) is 30.3 Å². The van der Waals surface area contributed by atoms with E-state index in [4.69, 9.17) is 9.40 Å². The molecule has 1 amide bonds. The van der Waals surface area contributed by atoms with Crippen molar-refractivity contribution < 1.29 is 9.21 Å². The summed E-state index contributed by atoms with van der Waals surface area (Å²) in [5, 5.41) is 12.0. The van der Waals surface area contributed by atoms with Crippen LogP contribution in [0.4, 0.5) is 0 Å². The number of hydrogen-bond donors (Lipinski definition) is 1. The van der Waals surface area contributed by atoms with E-state index in [-0.39, 0.29) is 12.3 Å². The van der Waals surface area contributed by atoms with Gasteiger partial charge in [0.05, 0.1) is 16.6 Å². The van der Waals surface area contributed by atoms with Gasteiger partial charge in [-0.3, -0.25) is 4.79 Å². The number of carbonyl (C=O) groups is 1. The summed E-state index contributed by atoms with van der Waals surface area (Å²) >= 11 is 1.62. The predicted molar refractivity (Wildman–Crippen MR) is 135 cm³/mol. The van der Waals surface area contributed by atoms with Gasteiger partial charge in [0.2, 0.25) is 17.7 Å². The smallest absolute Gasteiger partial charge is 0.229 e. The summed E-state index contributed by atoms with van der Waals surface area (Å²) in [4.78, 5) is 21.2. The molecule has 0 aliphatic rings. The van der Waals surface area contributed by atoms with Crippen molar-refractivity contribution in [2.75, 3.05) is 47.3 Å². The molecule has 2 aromatic carbocycles. The van der Waals surface area contributed by atoms with Crippen LogP contribution in [0.15, 0.2) is 52.9 Å². The molecule has 2 heterocycles. The SMILES string of the molecule is CN(C)CCN(C)CCNC(=O)Cc1nnc(Cc2nc3ccc(-c4ccccc4)cc3s2)o1. The number of aromatic nitrogens is 3. The zero-order chi connectivity index (χ0) is 23.9. The van der Waals surface area contributed by atoms with Gasteiger partial charge in [-0.05, 0) is 44.4 Å². The van der Waals surface area contributed by atoms with E-state index in [2.05, 4.69) is 49.6 Å². The maximum absolute atomic E-state index is 12.2. The Labute approximate surface area is 203 Å². The van der Waals surface area contributed by atoms with Crippen LogP contribution in [0.25, 0.3) is 21.3 Å². The molecule has 0 radical (unpaired) electrons. The summed E-state index contributed by atoms with van der Waals surface area (Å²) in [6, 6.07) is 16.6. The molecule has 0 saturated heterocycles. The monoisotopic (exact) mass is 478 g/mol. The lowest BCUT2D eigenvalue weighted by molar-refractivity contribution is -0.120. The molecule has 4 aromatic rings. The van der Waals surface area contributed by atoms with Gasteiger partial charge < -0.3 is 19.5 Å². The lowest BCUT2D eigenvalue weighted by Gasteiger charge is -2.19. The first-order valence-electron chi connectivity index (χ1n) is 11.3. The summed E-state index contributed by atoms with van der Waals surface area (Å²) in [5.41, 5.74) is 3.30. The van der Waals surface area contributed by atoms with Gasteiger partial charge in [0.1, 0.15) is 11.4 Å². The minimum absolute atomic E-state index is 0.0781. The van der Waals surface area contributed by atoms with Crippen LogP contribution in [-0.4, -0.2) is 78.2 Å². The zero-order valence-electron chi connectivity index (χ0n) is 19.8. The first kappa shape index (κ1) is 24.0. The Morgan fingerprint density at radius 2 is 1.76 bits per heavy atom. The summed E-state index contributed by atoms with van der Waals surface area (Å²) < 4.78 is 6.82. The molecule has 0 atom stereocenters. The number of amides is 1. The number of benzene rings is 2. The van der Waals surface area contributed by atoms with Crippen molar-refractivity contribution in [2.24, 2.45) is 0 Å². The minimum atomic E-state index is -0.121. The van der Waals surface area contributed by atoms with Gasteiger partial charge >= 0.3 is 0 Å². The lowest BCUT2D eigenvalue weighted by atomic mass is 10.1. The summed E-state index contributed by atoms with van der Waals surface area (Å²) in [6.45, 7) is 3.31. The second-order valence-electron chi connectivity index (χ2n) is 8.56. The van der Waals surface area contributed by atoms with Crippen molar-refractivity contribution in [3.8, 4) is 11.1 Å². The molecule has 34 heavy (non-hydrogen) atoms. The van der Waals surface area contributed by atoms with Crippen LogP contribution in [-0.2, 0) is 17.6 Å². The highest BCUT2D eigenvalue weighted by atomic mass is 32.1. The number of hydrogen-bond acceptors (Lipinski definition) is 8. The molecule has 4 rings (SSSR count). The average Bonchev–Trinajstić information content (AvgIpc) is 3.43. The van der Waals surface area contributed by atoms with E-state index in [9.17, 15) is 4.79 Å². The molecule has 0 aliphatic carbocycles. The topological polar surface area (TPSA) is 87.4 Å². The van der Waals surface area contributed by atoms with Gasteiger partial charge in [-0.1, -0.05) is 36.4 Å². The Morgan fingerprint density at radius 1 is 0.971 bits per heavy atom. The van der Waals surface area contributed by atoms with E-state index in [1.807, 2.05) is 45.4 Å². The molecule has 9 heteroatoms. The maximum atomic E-state index is 12.2. The molecule has 178 valence electrons. The Kier molecular flexibility index (Phi) is 7.99. The van der Waals surface area contributed by atoms with E-state index in [0.29, 0.717) is 24.7 Å². The molecular formula is C25H30N6O2S. The summed E-state index contributed by atoms with van der Waals surface area (Å²) in [7, 11) is 6.14. The number of fused-ring (bicyclic) bond motifs is 1. The average molecular weight is 479 g/mol. The number of likely N-dealkylation sites (N-methyl/N-ethyl adjacent to an activating group) is 2. The molecule has 0 fully saturated rings. The van der Waals surface area contributed by atoms with Gasteiger partial charge in [0, 0.05) is 26.2 Å². The van der Waals surface area contributed by atoms with E-state index >= 15 is 0 Å². The van der Waals surface area contributed by atoms with Crippen molar-refractivity contribution in [3.05, 3.63) is 65.3 Å². The summed E-state index contributed by atoms with van der Waals surface area (Å²) in [6.07, 6.45) is 0.528. The highest BCUT2D eigenvalue weighted by Gasteiger charge is 2.14. The fourth-order valence-electron chi connectivity index (χ4n) is 3.49. The Bertz CT molecular complexity index is 1220. The molecule has 0 saturated carbocycles. The standard InChI is InChI=1S/C25H30N6O2S/c1-30(2)13-14-31(3)12-11-26-22(32)16-23-28-29-24(33-23)17-25-27-20-10-9-19(15-21(20)34-25)18-7-5-4-6-8-18/h4-10,15H,11-14,16-17H2,1-3H3,(H,26,32). The summed E-state index contributed by atoms with van der Waals surface area (Å²) in [5.74, 6) is 0.666. The quantitative estimate of drug-likeness (QED) is 0.354. The van der Waals surface area contributed by atoms with Crippen LogP contribution in [0.3, 0.4) is 0 Å². The predicted octanol–water partition coefficient (Wildman–Crippen LogP) is 3.09. The van der Waals surface area contributed by atoms with Crippen molar-refractivity contribution in [1.29, 1.82) is 0 Å². The molecule has 2 aromatic heterocycles. The van der Waals surface area contributed by atoms with Crippen molar-refractivity contribution in [2.45, 2.75) is 12.8 Å². The van der Waals surface area contributed by atoms with Crippen molar-refractivity contribution >= 4 is 27.5 Å². The Balaban J connectivity index is 1.29. The third kappa shape index (κ3) is 6.69. The molecular weight excluding hydrogens is 448 g/mol. The molecule has 0 spiro atoms. The number of thiazole rings is 1. The molecule has 8 nitrogen and oxygen atoms in total. The van der Waals surface area contributed by atoms with Crippen LogP contribution in [0, 0.1) is 0 Å². The van der Waals surface area contributed by atoms with E-state index in [1.165, 1.54) is 11.1 Å². The van der Waals surface area contributed by atoms with Crippen LogP contribution in [0.5, 0.6) is 0 Å². The molecule has 0 bridgehead atoms. The normalized spacial score (nSPS) is 11.6. The minimum Gasteiger partial charge on any atom is -0.424 e. The van der Waals surface area contributed by atoms with Crippen LogP contribution >= 0.6 is 11.3 Å². The fraction of sp³-hybridized carbons (Fsp3) is 0.360. The van der Waals surface area contributed by atoms with Gasteiger partial charge in [-0.25, -0.2) is 4.98 Å². The lowest BCUT2D eigenvalue weighted by Crippen LogP contribution is -2.36. The first-order valence-corrected chi connectivity index (χ1v) is 12.1. The third-order valence-corrected chi connectivity index (χ3v) is 6.43. The van der Waals surface area contributed by atoms with E-state index in [1.54, 1.807) is 11.3 Å². The highest BCUT2D eigenvalue weighted by Crippen LogP contribution is 2.29. The number of rotatable bonds is 11. The number of nitrogens with one attached hydrogen (secondary N) is 1. The van der Waals surface area contributed by atoms with Gasteiger partial charge in [-0.15, -0.1) is 21.5 Å². The number of nitrogens with zero attached hydrogens (tertiary/aromatic N) is 5. The first-order chi connectivity index (χ1) is 16.5. The fourth-order valence-corrected chi connectivity index (χ4v) is 4.48. The second-order valence-corrected chi connectivity index (χ2v) is 9.67. The van der Waals surface area contributed by atoms with Crippen molar-refractivity contribution in [3.63, 3.8) is 0 Å². The van der Waals surface area contributed by atoms with Crippen LogP contribution in [0.2, 0.25) is 0 Å². The van der Waals surface area contributed by atoms with Crippen LogP contribution in [0.1, 0.15) is 16.8 Å². The van der Waals surface area contributed by atoms with Crippen LogP contribution < -0.4 is 5.32 Å². The van der Waals surface area contributed by atoms with Gasteiger partial charge in [0.15, 0.2) is 0 Å². The van der Waals surface area contributed by atoms with E-state index < -0.39 is 0 Å². The highest BCUT2D eigenvalue weighted by molar-refractivity contribution is 7.18. The third-order valence-electron chi connectivity index (χ3n) is 5.41. The molecule has 0 unspecified atom stereocenters. The molecule has 1 N–H and O–H groups in total. The Morgan fingerprint density at radius 3 is 2.56 bits per heavy atom. The largest absolute Gasteiger partial charge is 0.424 e.